The highest BCUT2D eigenvalue weighted by Gasteiger charge is 2.17. The highest BCUT2D eigenvalue weighted by atomic mass is 16.5. The van der Waals surface area contributed by atoms with Gasteiger partial charge >= 0.3 is 0 Å². The number of ether oxygens (including phenoxy) is 1. The zero-order valence-electron chi connectivity index (χ0n) is 14.3. The number of nitrogens with zero attached hydrogens (tertiary/aromatic N) is 1. The molecule has 1 aliphatic heterocycles. The molecule has 1 fully saturated rings. The first-order valence-electron chi connectivity index (χ1n) is 8.40. The lowest BCUT2D eigenvalue weighted by molar-refractivity contribution is -0.122. The van der Waals surface area contributed by atoms with Crippen LogP contribution >= 0.6 is 0 Å². The maximum absolute atomic E-state index is 12.5. The summed E-state index contributed by atoms with van der Waals surface area (Å²) >= 11 is 0. The van der Waals surface area contributed by atoms with Gasteiger partial charge in [-0.05, 0) is 38.3 Å². The Morgan fingerprint density at radius 2 is 2.12 bits per heavy atom. The third kappa shape index (κ3) is 4.92. The molecule has 1 aromatic heterocycles. The van der Waals surface area contributed by atoms with Gasteiger partial charge in [0.05, 0.1) is 6.10 Å². The molecular formula is C17H25N3O4. The summed E-state index contributed by atoms with van der Waals surface area (Å²) in [6, 6.07) is 3.29. The van der Waals surface area contributed by atoms with Crippen molar-refractivity contribution in [1.82, 2.24) is 9.88 Å². The summed E-state index contributed by atoms with van der Waals surface area (Å²) in [5, 5.41) is 5.40. The van der Waals surface area contributed by atoms with Crippen LogP contribution in [0.2, 0.25) is 0 Å². The van der Waals surface area contributed by atoms with Gasteiger partial charge < -0.3 is 19.9 Å². The Bertz CT molecular complexity index is 648. The van der Waals surface area contributed by atoms with Crippen molar-refractivity contribution in [2.45, 2.75) is 52.2 Å². The van der Waals surface area contributed by atoms with E-state index >= 15 is 0 Å². The summed E-state index contributed by atoms with van der Waals surface area (Å²) in [6.45, 7) is 4.77. The molecule has 1 aromatic rings. The van der Waals surface area contributed by atoms with Crippen molar-refractivity contribution in [1.29, 1.82) is 0 Å². The van der Waals surface area contributed by atoms with Gasteiger partial charge in [-0.25, -0.2) is 0 Å². The third-order valence-electron chi connectivity index (χ3n) is 4.00. The van der Waals surface area contributed by atoms with Gasteiger partial charge in [-0.3, -0.25) is 14.4 Å². The molecule has 0 bridgehead atoms. The first-order valence-corrected chi connectivity index (χ1v) is 8.40. The Balaban J connectivity index is 2.01. The summed E-state index contributed by atoms with van der Waals surface area (Å²) in [6.07, 6.45) is 3.08. The number of pyridine rings is 1. The molecule has 0 spiro atoms. The third-order valence-corrected chi connectivity index (χ3v) is 4.00. The Hall–Kier alpha value is -2.15. The van der Waals surface area contributed by atoms with E-state index in [-0.39, 0.29) is 35.7 Å². The Kier molecular flexibility index (Phi) is 6.54. The minimum Gasteiger partial charge on any atom is -0.376 e. The van der Waals surface area contributed by atoms with Crippen LogP contribution in [-0.2, 0) is 20.9 Å². The van der Waals surface area contributed by atoms with Crippen molar-refractivity contribution in [2.75, 3.05) is 18.5 Å². The number of aryl methyl sites for hydroxylation is 1. The molecule has 0 radical (unpaired) electrons. The summed E-state index contributed by atoms with van der Waals surface area (Å²) in [4.78, 5) is 36.2. The molecule has 1 aliphatic rings. The predicted molar refractivity (Wildman–Crippen MR) is 91.0 cm³/mol. The van der Waals surface area contributed by atoms with Gasteiger partial charge in [-0.2, -0.15) is 0 Å². The number of anilines is 1. The fourth-order valence-electron chi connectivity index (χ4n) is 2.63. The SMILES string of the molecule is CCCC(=O)Nc1ccc(C)n(CC(=O)NCC2CCCO2)c1=O. The molecule has 2 rings (SSSR count). The number of aromatic nitrogens is 1. The van der Waals surface area contributed by atoms with Crippen LogP contribution in [0.15, 0.2) is 16.9 Å². The zero-order valence-corrected chi connectivity index (χ0v) is 14.3. The summed E-state index contributed by atoms with van der Waals surface area (Å²) in [5.41, 5.74) is 0.499. The summed E-state index contributed by atoms with van der Waals surface area (Å²) in [7, 11) is 0. The van der Waals surface area contributed by atoms with Crippen LogP contribution in [-0.4, -0.2) is 35.6 Å². The molecule has 1 atom stereocenters. The van der Waals surface area contributed by atoms with Crippen molar-refractivity contribution < 1.29 is 14.3 Å². The van der Waals surface area contributed by atoms with Gasteiger partial charge in [0, 0.05) is 25.3 Å². The van der Waals surface area contributed by atoms with E-state index in [1.54, 1.807) is 19.1 Å². The number of amides is 2. The highest BCUT2D eigenvalue weighted by Crippen LogP contribution is 2.10. The normalized spacial score (nSPS) is 16.8. The second-order valence-corrected chi connectivity index (χ2v) is 6.02. The lowest BCUT2D eigenvalue weighted by atomic mass is 10.2. The monoisotopic (exact) mass is 335 g/mol. The molecule has 1 unspecified atom stereocenters. The standard InChI is InChI=1S/C17H25N3O4/c1-3-5-15(21)19-14-8-7-12(2)20(17(14)23)11-16(22)18-10-13-6-4-9-24-13/h7-8,13H,3-6,9-11H2,1-2H3,(H,18,22)(H,19,21). The summed E-state index contributed by atoms with van der Waals surface area (Å²) in [5.74, 6) is -0.444. The van der Waals surface area contributed by atoms with Crippen molar-refractivity contribution in [3.05, 3.63) is 28.2 Å². The van der Waals surface area contributed by atoms with Crippen LogP contribution < -0.4 is 16.2 Å². The van der Waals surface area contributed by atoms with Crippen molar-refractivity contribution in [2.24, 2.45) is 0 Å². The second kappa shape index (κ2) is 8.63. The quantitative estimate of drug-likeness (QED) is 0.783. The molecule has 2 amide bonds. The molecule has 0 aromatic carbocycles. The van der Waals surface area contributed by atoms with Crippen molar-refractivity contribution in [3.63, 3.8) is 0 Å². The first kappa shape index (κ1) is 18.2. The minimum absolute atomic E-state index is 0.0615. The molecule has 24 heavy (non-hydrogen) atoms. The van der Waals surface area contributed by atoms with E-state index in [0.717, 1.165) is 19.4 Å². The number of carbonyl (C=O) groups excluding carboxylic acids is 2. The molecule has 1 saturated heterocycles. The molecule has 132 valence electrons. The maximum Gasteiger partial charge on any atom is 0.274 e. The minimum atomic E-state index is -0.369. The number of carbonyl (C=O) groups is 2. The molecule has 2 heterocycles. The van der Waals surface area contributed by atoms with Gasteiger partial charge in [-0.1, -0.05) is 6.92 Å². The van der Waals surface area contributed by atoms with Crippen molar-refractivity contribution in [3.8, 4) is 0 Å². The fraction of sp³-hybridized carbons (Fsp3) is 0.588. The van der Waals surface area contributed by atoms with Gasteiger partial charge in [0.2, 0.25) is 11.8 Å². The van der Waals surface area contributed by atoms with Gasteiger partial charge in [-0.15, -0.1) is 0 Å². The van der Waals surface area contributed by atoms with E-state index in [2.05, 4.69) is 10.6 Å². The van der Waals surface area contributed by atoms with Gasteiger partial charge in [0.15, 0.2) is 0 Å². The van der Waals surface area contributed by atoms with Crippen LogP contribution in [0.5, 0.6) is 0 Å². The van der Waals surface area contributed by atoms with Gasteiger partial charge in [0.1, 0.15) is 12.2 Å². The zero-order chi connectivity index (χ0) is 17.5. The van der Waals surface area contributed by atoms with E-state index in [0.29, 0.717) is 25.1 Å². The first-order chi connectivity index (χ1) is 11.5. The van der Waals surface area contributed by atoms with Crippen molar-refractivity contribution >= 4 is 17.5 Å². The molecule has 0 saturated carbocycles. The number of rotatable bonds is 7. The topological polar surface area (TPSA) is 89.4 Å². The smallest absolute Gasteiger partial charge is 0.274 e. The predicted octanol–water partition coefficient (Wildman–Crippen LogP) is 1.19. The van der Waals surface area contributed by atoms with E-state index in [1.165, 1.54) is 4.57 Å². The lowest BCUT2D eigenvalue weighted by Gasteiger charge is -2.14. The van der Waals surface area contributed by atoms with Crippen LogP contribution in [0.4, 0.5) is 5.69 Å². The summed E-state index contributed by atoms with van der Waals surface area (Å²) < 4.78 is 6.82. The second-order valence-electron chi connectivity index (χ2n) is 6.02. The van der Waals surface area contributed by atoms with Gasteiger partial charge in [0.25, 0.3) is 5.56 Å². The lowest BCUT2D eigenvalue weighted by Crippen LogP contribution is -2.37. The molecule has 2 N–H and O–H groups in total. The number of hydrogen-bond donors (Lipinski definition) is 2. The molecule has 0 aliphatic carbocycles. The molecular weight excluding hydrogens is 310 g/mol. The van der Waals surface area contributed by atoms with E-state index in [4.69, 9.17) is 4.74 Å². The van der Waals surface area contributed by atoms with E-state index in [9.17, 15) is 14.4 Å². The highest BCUT2D eigenvalue weighted by molar-refractivity contribution is 5.90. The fourth-order valence-corrected chi connectivity index (χ4v) is 2.63. The average molecular weight is 335 g/mol. The Morgan fingerprint density at radius 3 is 2.79 bits per heavy atom. The number of hydrogen-bond acceptors (Lipinski definition) is 4. The maximum atomic E-state index is 12.5. The Morgan fingerprint density at radius 1 is 1.33 bits per heavy atom. The van der Waals surface area contributed by atoms with Crippen LogP contribution in [0, 0.1) is 6.92 Å². The van der Waals surface area contributed by atoms with Crippen LogP contribution in [0.3, 0.4) is 0 Å². The molecule has 7 heteroatoms. The number of nitrogens with one attached hydrogen (secondary N) is 2. The largest absolute Gasteiger partial charge is 0.376 e. The van der Waals surface area contributed by atoms with E-state index < -0.39 is 0 Å². The Labute approximate surface area is 141 Å². The van der Waals surface area contributed by atoms with Crippen LogP contribution in [0.1, 0.15) is 38.3 Å². The van der Waals surface area contributed by atoms with Crippen LogP contribution in [0.25, 0.3) is 0 Å². The average Bonchev–Trinajstić information content (AvgIpc) is 3.06. The molecule has 7 nitrogen and oxygen atoms in total. The van der Waals surface area contributed by atoms with E-state index in [1.807, 2.05) is 6.92 Å².